The summed E-state index contributed by atoms with van der Waals surface area (Å²) in [7, 11) is 1.99. The van der Waals surface area contributed by atoms with Gasteiger partial charge in [0.05, 0.1) is 5.84 Å². The van der Waals surface area contributed by atoms with E-state index in [2.05, 4.69) is 77.3 Å². The Bertz CT molecular complexity index is 1100. The summed E-state index contributed by atoms with van der Waals surface area (Å²) in [5, 5.41) is 20.7. The summed E-state index contributed by atoms with van der Waals surface area (Å²) in [6.07, 6.45) is 4.89. The number of nitrogens with zero attached hydrogens (tertiary/aromatic N) is 1. The minimum Gasteiger partial charge on any atom is -0.457 e. The molecule has 176 valence electrons. The Kier molecular flexibility index (Phi) is 7.83. The van der Waals surface area contributed by atoms with Crippen LogP contribution < -0.4 is 10.6 Å². The number of aryl methyl sites for hydroxylation is 1. The lowest BCUT2D eigenvalue weighted by Crippen LogP contribution is -2.58. The van der Waals surface area contributed by atoms with Gasteiger partial charge in [-0.1, -0.05) is 78.0 Å². The highest BCUT2D eigenvalue weighted by Gasteiger charge is 2.47. The molecule has 0 saturated carbocycles. The van der Waals surface area contributed by atoms with E-state index < -0.39 is 5.54 Å². The van der Waals surface area contributed by atoms with Crippen molar-refractivity contribution in [3.63, 3.8) is 0 Å². The summed E-state index contributed by atoms with van der Waals surface area (Å²) in [6.45, 7) is 21.4. The Morgan fingerprint density at radius 1 is 1.19 bits per heavy atom. The van der Waals surface area contributed by atoms with E-state index in [4.69, 9.17) is 9.83 Å². The lowest BCUT2D eigenvalue weighted by molar-refractivity contribution is 0.0533. The number of hydrogen-bond acceptors (Lipinski definition) is 3. The molecule has 1 aromatic carbocycles. The summed E-state index contributed by atoms with van der Waals surface area (Å²) >= 11 is 0. The van der Waals surface area contributed by atoms with Crippen LogP contribution >= 0.6 is 0 Å². The fourth-order valence-corrected chi connectivity index (χ4v) is 4.83. The Morgan fingerprint density at radius 2 is 1.81 bits per heavy atom. The van der Waals surface area contributed by atoms with Gasteiger partial charge in [-0.05, 0) is 37.8 Å². The first-order valence-electron chi connectivity index (χ1n) is 11.6. The van der Waals surface area contributed by atoms with Crippen LogP contribution in [-0.2, 0) is 0 Å². The van der Waals surface area contributed by atoms with Gasteiger partial charge in [-0.2, -0.15) is 0 Å². The molecule has 0 aliphatic heterocycles. The van der Waals surface area contributed by atoms with Crippen molar-refractivity contribution in [2.24, 2.45) is 17.3 Å². The van der Waals surface area contributed by atoms with E-state index in [1.165, 1.54) is 5.57 Å². The zero-order valence-electron chi connectivity index (χ0n) is 21.5. The number of fused-ring (bicyclic) bond motifs is 1. The van der Waals surface area contributed by atoms with Crippen LogP contribution in [0.4, 0.5) is 0 Å². The normalized spacial score (nSPS) is 15.6. The molecular weight excluding hydrogens is 396 g/mol. The first-order chi connectivity index (χ1) is 14.8. The Balaban J connectivity index is 2.70. The lowest BCUT2D eigenvalue weighted by Gasteiger charge is -2.53. The van der Waals surface area contributed by atoms with Crippen LogP contribution in [0.2, 0.25) is 0 Å². The van der Waals surface area contributed by atoms with Crippen LogP contribution in [0.3, 0.4) is 0 Å². The van der Waals surface area contributed by atoms with E-state index in [9.17, 15) is 5.11 Å². The van der Waals surface area contributed by atoms with E-state index in [-0.39, 0.29) is 23.9 Å². The van der Waals surface area contributed by atoms with E-state index in [0.29, 0.717) is 17.7 Å². The molecule has 0 radical (unpaired) electrons. The van der Waals surface area contributed by atoms with E-state index in [1.54, 1.807) is 0 Å². The number of rotatable bonds is 8. The lowest BCUT2D eigenvalue weighted by atomic mass is 9.63. The third-order valence-electron chi connectivity index (χ3n) is 7.33. The Morgan fingerprint density at radius 3 is 2.34 bits per heavy atom. The summed E-state index contributed by atoms with van der Waals surface area (Å²) in [5.41, 5.74) is 3.20. The van der Waals surface area contributed by atoms with Crippen molar-refractivity contribution in [1.82, 2.24) is 4.90 Å². The molecular formula is C28H42N2O2. The molecule has 32 heavy (non-hydrogen) atoms. The fourth-order valence-electron chi connectivity index (χ4n) is 4.83. The van der Waals surface area contributed by atoms with Crippen molar-refractivity contribution in [2.75, 3.05) is 13.7 Å². The number of nitrogens with one attached hydrogen (secondary N) is 1. The molecule has 0 amide bonds. The van der Waals surface area contributed by atoms with Gasteiger partial charge in [0, 0.05) is 41.1 Å². The van der Waals surface area contributed by atoms with Gasteiger partial charge in [0.25, 0.3) is 0 Å². The highest BCUT2D eigenvalue weighted by Crippen LogP contribution is 2.46. The summed E-state index contributed by atoms with van der Waals surface area (Å²) < 4.78 is 5.92. The maximum absolute atomic E-state index is 9.97. The van der Waals surface area contributed by atoms with E-state index >= 15 is 0 Å². The van der Waals surface area contributed by atoms with Crippen molar-refractivity contribution in [2.45, 2.75) is 67.3 Å². The number of aliphatic hydroxyl groups is 1. The molecule has 1 atom stereocenters. The predicted octanol–water partition coefficient (Wildman–Crippen LogP) is 5.25. The highest BCUT2D eigenvalue weighted by atomic mass is 16.3. The van der Waals surface area contributed by atoms with Crippen molar-refractivity contribution in [3.8, 4) is 0 Å². The van der Waals surface area contributed by atoms with Gasteiger partial charge in [0.1, 0.15) is 11.0 Å². The second kappa shape index (κ2) is 9.66. The fraction of sp³-hybridized carbons (Fsp3) is 0.536. The van der Waals surface area contributed by atoms with E-state index in [0.717, 1.165) is 21.8 Å². The van der Waals surface area contributed by atoms with Crippen LogP contribution in [0.15, 0.2) is 34.3 Å². The smallest absolute Gasteiger partial charge is 0.135 e. The molecule has 0 aliphatic carbocycles. The van der Waals surface area contributed by atoms with Crippen molar-refractivity contribution < 1.29 is 9.52 Å². The van der Waals surface area contributed by atoms with Gasteiger partial charge < -0.3 is 14.4 Å². The van der Waals surface area contributed by atoms with Crippen LogP contribution in [0.25, 0.3) is 23.6 Å². The molecule has 0 spiro atoms. The molecule has 2 N–H and O–H groups in total. The Hall–Kier alpha value is -2.33. The summed E-state index contributed by atoms with van der Waals surface area (Å²) in [4.78, 5) is 2.06. The number of hydrogen-bond donors (Lipinski definition) is 2. The number of amidine groups is 1. The minimum atomic E-state index is -0.435. The summed E-state index contributed by atoms with van der Waals surface area (Å²) in [5.74, 6) is 0.980. The van der Waals surface area contributed by atoms with Crippen molar-refractivity contribution in [3.05, 3.63) is 46.0 Å². The minimum absolute atomic E-state index is 0.0689. The van der Waals surface area contributed by atoms with Crippen LogP contribution in [0, 0.1) is 29.6 Å². The molecule has 2 aromatic rings. The zero-order chi connectivity index (χ0) is 24.4. The molecule has 2 rings (SSSR count). The van der Waals surface area contributed by atoms with Crippen LogP contribution in [0.5, 0.6) is 0 Å². The molecule has 0 aliphatic rings. The van der Waals surface area contributed by atoms with Crippen LogP contribution in [-0.4, -0.2) is 35.0 Å². The molecule has 0 bridgehead atoms. The van der Waals surface area contributed by atoms with Gasteiger partial charge in [-0.15, -0.1) is 0 Å². The number of aliphatic hydroxyl groups excluding tert-OH is 1. The van der Waals surface area contributed by atoms with Gasteiger partial charge in [-0.25, -0.2) is 0 Å². The third kappa shape index (κ3) is 4.71. The van der Waals surface area contributed by atoms with Gasteiger partial charge in [-0.3, -0.25) is 5.41 Å². The Labute approximate surface area is 193 Å². The number of allylic oxidation sites excluding steroid dienone is 1. The standard InChI is InChI=1S/C28H42N2O2/c1-18(2)24(14-13-22-21(6)32-25-17-20(5)11-12-23(22)25)27(7,8)28(9,15-16-31)30(10)26(29)19(3)4/h11-14,17-19,29,31H,6,15-16H2,1-5,7-10H3/b22-13+,24-14+,29-26?. The van der Waals surface area contributed by atoms with Crippen LogP contribution in [0.1, 0.15) is 60.5 Å². The number of furan rings is 1. The molecule has 0 saturated heterocycles. The molecule has 4 heteroatoms. The van der Waals surface area contributed by atoms with Gasteiger partial charge in [0.2, 0.25) is 0 Å². The van der Waals surface area contributed by atoms with Crippen molar-refractivity contribution >= 4 is 29.5 Å². The maximum Gasteiger partial charge on any atom is 0.135 e. The second-order valence-electron chi connectivity index (χ2n) is 10.4. The summed E-state index contributed by atoms with van der Waals surface area (Å²) in [6, 6.07) is 6.23. The first kappa shape index (κ1) is 25.9. The predicted molar refractivity (Wildman–Crippen MR) is 137 cm³/mol. The topological polar surface area (TPSA) is 60.5 Å². The molecule has 1 unspecified atom stereocenters. The average Bonchev–Trinajstić information content (AvgIpc) is 3.00. The second-order valence-corrected chi connectivity index (χ2v) is 10.4. The quantitative estimate of drug-likeness (QED) is 0.437. The SMILES string of the molecule is C=c1oc2cc(C)ccc2/c1=C/C=C(\C(C)C)C(C)(C)C(C)(CCO)N(C)C(=N)C(C)C. The van der Waals surface area contributed by atoms with Gasteiger partial charge >= 0.3 is 0 Å². The molecule has 0 fully saturated rings. The zero-order valence-corrected chi connectivity index (χ0v) is 21.5. The average molecular weight is 439 g/mol. The highest BCUT2D eigenvalue weighted by molar-refractivity contribution is 5.82. The molecule has 1 aromatic heterocycles. The first-order valence-corrected chi connectivity index (χ1v) is 11.6. The van der Waals surface area contributed by atoms with E-state index in [1.807, 2.05) is 27.0 Å². The van der Waals surface area contributed by atoms with Gasteiger partial charge in [0.15, 0.2) is 0 Å². The molecule has 4 nitrogen and oxygen atoms in total. The molecule has 1 heterocycles. The monoisotopic (exact) mass is 438 g/mol. The maximum atomic E-state index is 9.97. The number of benzene rings is 1. The van der Waals surface area contributed by atoms with Crippen molar-refractivity contribution in [1.29, 1.82) is 5.41 Å². The largest absolute Gasteiger partial charge is 0.457 e. The third-order valence-corrected chi connectivity index (χ3v) is 7.33.